The van der Waals surface area contributed by atoms with Crippen LogP contribution in [-0.2, 0) is 0 Å². The first-order chi connectivity index (χ1) is 8.81. The van der Waals surface area contributed by atoms with Gasteiger partial charge in [-0.3, -0.25) is 4.40 Å². The first-order valence-corrected chi connectivity index (χ1v) is 6.58. The predicted octanol–water partition coefficient (Wildman–Crippen LogP) is 3.59. The van der Waals surface area contributed by atoms with Crippen LogP contribution in [0.15, 0.2) is 18.6 Å². The van der Waals surface area contributed by atoms with Crippen molar-refractivity contribution in [1.82, 2.24) is 14.6 Å². The first-order valence-electron chi connectivity index (χ1n) is 6.20. The van der Waals surface area contributed by atoms with E-state index in [9.17, 15) is 0 Å². The van der Waals surface area contributed by atoms with E-state index in [2.05, 4.69) is 10.2 Å². The molecule has 1 fully saturated rings. The van der Waals surface area contributed by atoms with Crippen LogP contribution in [0.4, 0.5) is 0 Å². The van der Waals surface area contributed by atoms with Gasteiger partial charge in [-0.15, -0.1) is 10.2 Å². The summed E-state index contributed by atoms with van der Waals surface area (Å²) in [5.74, 6) is 0. The molecule has 2 aromatic heterocycles. The van der Waals surface area contributed by atoms with Gasteiger partial charge in [0.25, 0.3) is 0 Å². The van der Waals surface area contributed by atoms with E-state index < -0.39 is 0 Å². The van der Waals surface area contributed by atoms with Crippen LogP contribution in [0.2, 0.25) is 5.02 Å². The molecule has 4 nitrogen and oxygen atoms in total. The fraction of sp³-hybridized carbons (Fsp3) is 0.462. The molecule has 0 saturated heterocycles. The van der Waals surface area contributed by atoms with E-state index in [1.165, 1.54) is 44.9 Å². The summed E-state index contributed by atoms with van der Waals surface area (Å²) in [4.78, 5) is 0. The maximum Gasteiger partial charge on any atom is 0.161 e. The minimum Gasteiger partial charge on any atom is -0.287 e. The Bertz CT molecular complexity index is 540. The van der Waals surface area contributed by atoms with Crippen LogP contribution in [0.1, 0.15) is 44.1 Å². The van der Waals surface area contributed by atoms with E-state index in [1.807, 2.05) is 6.07 Å². The van der Waals surface area contributed by atoms with Crippen molar-refractivity contribution in [1.29, 1.82) is 5.26 Å². The van der Waals surface area contributed by atoms with Crippen LogP contribution >= 0.6 is 11.6 Å². The number of pyridine rings is 1. The lowest BCUT2D eigenvalue weighted by molar-refractivity contribution is 0.504. The number of nitriles is 1. The Labute approximate surface area is 111 Å². The van der Waals surface area contributed by atoms with E-state index in [0.29, 0.717) is 16.2 Å². The summed E-state index contributed by atoms with van der Waals surface area (Å²) in [5, 5.41) is 16.5. The number of hydrogen-bond donors (Lipinski definition) is 0. The van der Waals surface area contributed by atoms with E-state index in [0.717, 1.165) is 0 Å². The van der Waals surface area contributed by atoms with Gasteiger partial charge in [0.2, 0.25) is 0 Å². The quantitative estimate of drug-likeness (QED) is 0.729. The second-order valence-corrected chi connectivity index (χ2v) is 4.77. The fourth-order valence-electron chi connectivity index (χ4n) is 1.99. The zero-order chi connectivity index (χ0) is 12.8. The minimum absolute atomic E-state index is 0.407. The molecule has 0 radical (unpaired) electrons. The summed E-state index contributed by atoms with van der Waals surface area (Å²) >= 11 is 5.76. The fourth-order valence-corrected chi connectivity index (χ4v) is 2.19. The molecule has 1 saturated carbocycles. The van der Waals surface area contributed by atoms with Crippen molar-refractivity contribution in [3.63, 3.8) is 0 Å². The van der Waals surface area contributed by atoms with Gasteiger partial charge in [-0.25, -0.2) is 0 Å². The molecule has 0 N–H and O–H groups in total. The zero-order valence-electron chi connectivity index (χ0n) is 10.1. The average molecular weight is 263 g/mol. The summed E-state index contributed by atoms with van der Waals surface area (Å²) < 4.78 is 1.66. The normalized spacial score (nSPS) is 14.7. The highest BCUT2D eigenvalue weighted by atomic mass is 35.5. The Morgan fingerprint density at radius 2 is 1.78 bits per heavy atom. The molecular weight excluding hydrogens is 248 g/mol. The van der Waals surface area contributed by atoms with Crippen molar-refractivity contribution < 1.29 is 0 Å². The van der Waals surface area contributed by atoms with Crippen molar-refractivity contribution in [3.05, 3.63) is 29.2 Å². The van der Waals surface area contributed by atoms with Gasteiger partial charge in [0.1, 0.15) is 12.4 Å². The van der Waals surface area contributed by atoms with Crippen molar-refractivity contribution in [3.8, 4) is 6.07 Å². The highest BCUT2D eigenvalue weighted by molar-refractivity contribution is 6.31. The number of fused-ring (bicyclic) bond motifs is 1. The maximum atomic E-state index is 8.62. The third-order valence-electron chi connectivity index (χ3n) is 3.00. The van der Waals surface area contributed by atoms with Gasteiger partial charge in [-0.2, -0.15) is 5.26 Å². The monoisotopic (exact) mass is 262 g/mol. The molecule has 0 aromatic carbocycles. The van der Waals surface area contributed by atoms with Crippen LogP contribution in [0.5, 0.6) is 0 Å². The molecule has 3 rings (SSSR count). The highest BCUT2D eigenvalue weighted by Crippen LogP contribution is 2.16. The smallest absolute Gasteiger partial charge is 0.161 e. The molecule has 2 heterocycles. The highest BCUT2D eigenvalue weighted by Gasteiger charge is 2.02. The van der Waals surface area contributed by atoms with Crippen LogP contribution in [0.3, 0.4) is 0 Å². The Balaban J connectivity index is 0.000000169. The molecule has 1 aliphatic carbocycles. The molecule has 0 unspecified atom stereocenters. The molecule has 0 amide bonds. The zero-order valence-corrected chi connectivity index (χ0v) is 10.9. The molecule has 2 aromatic rings. The third-order valence-corrected chi connectivity index (χ3v) is 3.31. The molecule has 94 valence electrons. The van der Waals surface area contributed by atoms with E-state index in [4.69, 9.17) is 16.9 Å². The lowest BCUT2D eigenvalue weighted by Gasteiger charge is -2.05. The van der Waals surface area contributed by atoms with Crippen LogP contribution in [0, 0.1) is 11.3 Å². The molecule has 0 atom stereocenters. The van der Waals surface area contributed by atoms with Crippen molar-refractivity contribution in [2.75, 3.05) is 0 Å². The number of halogens is 1. The van der Waals surface area contributed by atoms with Gasteiger partial charge in [0.15, 0.2) is 5.65 Å². The van der Waals surface area contributed by atoms with Gasteiger partial charge in [0, 0.05) is 12.3 Å². The first kappa shape index (κ1) is 12.8. The molecule has 5 heteroatoms. The van der Waals surface area contributed by atoms with Gasteiger partial charge in [-0.1, -0.05) is 50.1 Å². The minimum atomic E-state index is 0.407. The van der Waals surface area contributed by atoms with Crippen molar-refractivity contribution >= 4 is 17.2 Å². The lowest BCUT2D eigenvalue weighted by atomic mass is 10.0. The predicted molar refractivity (Wildman–Crippen MR) is 70.4 cm³/mol. The summed E-state index contributed by atoms with van der Waals surface area (Å²) in [6.07, 6.45) is 12.1. The van der Waals surface area contributed by atoms with E-state index in [1.54, 1.807) is 16.7 Å². The summed E-state index contributed by atoms with van der Waals surface area (Å²) in [7, 11) is 0. The standard InChI is InChI=1S/C7H3ClN4.C6H12/c8-6-3-12-4-10-11-7(12)1-5(6)2-9;1-2-4-6-5-3-1/h1,3-4H;1-6H2. The SMILES string of the molecule is C1CCCCC1.N#Cc1cc2nncn2cc1Cl. The Morgan fingerprint density at radius 1 is 1.17 bits per heavy atom. The van der Waals surface area contributed by atoms with Crippen LogP contribution in [-0.4, -0.2) is 14.6 Å². The molecular formula is C13H15ClN4. The van der Waals surface area contributed by atoms with E-state index >= 15 is 0 Å². The Kier molecular flexibility index (Phi) is 4.54. The number of rotatable bonds is 0. The average Bonchev–Trinajstić information content (AvgIpc) is 2.87. The lowest BCUT2D eigenvalue weighted by Crippen LogP contribution is -1.85. The van der Waals surface area contributed by atoms with Crippen molar-refractivity contribution in [2.45, 2.75) is 38.5 Å². The second-order valence-electron chi connectivity index (χ2n) is 4.36. The maximum absolute atomic E-state index is 8.62. The second kappa shape index (κ2) is 6.36. The van der Waals surface area contributed by atoms with Gasteiger partial charge >= 0.3 is 0 Å². The molecule has 1 aliphatic rings. The molecule has 0 spiro atoms. The molecule has 0 bridgehead atoms. The van der Waals surface area contributed by atoms with Crippen molar-refractivity contribution in [2.24, 2.45) is 0 Å². The van der Waals surface area contributed by atoms with Crippen LogP contribution < -0.4 is 0 Å². The number of hydrogen-bond acceptors (Lipinski definition) is 3. The third kappa shape index (κ3) is 3.21. The molecule has 18 heavy (non-hydrogen) atoms. The summed E-state index contributed by atoms with van der Waals surface area (Å²) in [5.41, 5.74) is 1.04. The largest absolute Gasteiger partial charge is 0.287 e. The van der Waals surface area contributed by atoms with Crippen LogP contribution in [0.25, 0.3) is 5.65 Å². The molecule has 0 aliphatic heterocycles. The Morgan fingerprint density at radius 3 is 2.33 bits per heavy atom. The number of aromatic nitrogens is 3. The Hall–Kier alpha value is -1.60. The van der Waals surface area contributed by atoms with Gasteiger partial charge in [-0.05, 0) is 0 Å². The topological polar surface area (TPSA) is 54.0 Å². The summed E-state index contributed by atoms with van der Waals surface area (Å²) in [6.45, 7) is 0. The van der Waals surface area contributed by atoms with Gasteiger partial charge in [0.05, 0.1) is 10.6 Å². The number of nitrogens with zero attached hydrogens (tertiary/aromatic N) is 4. The summed E-state index contributed by atoms with van der Waals surface area (Å²) in [6, 6.07) is 3.56. The van der Waals surface area contributed by atoms with Gasteiger partial charge < -0.3 is 0 Å². The van der Waals surface area contributed by atoms with E-state index in [-0.39, 0.29) is 0 Å².